The Bertz CT molecular complexity index is 335. The highest BCUT2D eigenvalue weighted by molar-refractivity contribution is 5.83. The van der Waals surface area contributed by atoms with Crippen molar-refractivity contribution in [2.45, 2.75) is 12.5 Å². The van der Waals surface area contributed by atoms with E-state index in [1.54, 1.807) is 0 Å². The van der Waals surface area contributed by atoms with E-state index in [0.717, 1.165) is 12.0 Å². The molecule has 1 aromatic rings. The van der Waals surface area contributed by atoms with Crippen molar-refractivity contribution in [3.8, 4) is 0 Å². The van der Waals surface area contributed by atoms with Crippen molar-refractivity contribution in [3.05, 3.63) is 35.4 Å². The molecule has 1 atom stereocenters. The van der Waals surface area contributed by atoms with Gasteiger partial charge < -0.3 is 11.1 Å². The molecule has 0 aromatic heterocycles. The fraction of sp³-hybridized carbons (Fsp3) is 0.300. The Labute approximate surface area is 76.9 Å². The van der Waals surface area contributed by atoms with E-state index in [2.05, 4.69) is 5.32 Å². The zero-order valence-electron chi connectivity index (χ0n) is 7.29. The van der Waals surface area contributed by atoms with Gasteiger partial charge in [-0.15, -0.1) is 0 Å². The van der Waals surface area contributed by atoms with E-state index in [9.17, 15) is 4.79 Å². The average Bonchev–Trinajstić information content (AvgIpc) is 2.29. The first-order valence-electron chi connectivity index (χ1n) is 4.40. The summed E-state index contributed by atoms with van der Waals surface area (Å²) in [6.07, 6.45) is 0.871. The van der Waals surface area contributed by atoms with E-state index in [1.807, 2.05) is 24.3 Å². The number of carbonyl (C=O) groups excluding carboxylic acids is 1. The van der Waals surface area contributed by atoms with Crippen LogP contribution in [-0.2, 0) is 11.2 Å². The zero-order valence-corrected chi connectivity index (χ0v) is 7.29. The first-order chi connectivity index (χ1) is 6.29. The van der Waals surface area contributed by atoms with Crippen molar-refractivity contribution < 1.29 is 4.79 Å². The molecule has 1 aliphatic heterocycles. The molecular formula is C10H12N2O. The van der Waals surface area contributed by atoms with Crippen LogP contribution in [0.4, 0.5) is 0 Å². The standard InChI is InChI=1S/C10H12N2O/c11-9-8-4-2-1-3-7(8)5-6-12-10(9)13/h1-4,9H,5-6,11H2,(H,12,13)/t9-/m0/s1. The van der Waals surface area contributed by atoms with Crippen LogP contribution in [0.25, 0.3) is 0 Å². The molecule has 3 heteroatoms. The summed E-state index contributed by atoms with van der Waals surface area (Å²) in [5.74, 6) is -0.0787. The summed E-state index contributed by atoms with van der Waals surface area (Å²) in [4.78, 5) is 11.3. The predicted octanol–water partition coefficient (Wildman–Crippen LogP) is 0.359. The van der Waals surface area contributed by atoms with E-state index < -0.39 is 6.04 Å². The lowest BCUT2D eigenvalue weighted by Crippen LogP contribution is -2.32. The normalized spacial score (nSPS) is 21.6. The Morgan fingerprint density at radius 2 is 2.15 bits per heavy atom. The van der Waals surface area contributed by atoms with E-state index in [-0.39, 0.29) is 5.91 Å². The fourth-order valence-corrected chi connectivity index (χ4v) is 1.64. The summed E-state index contributed by atoms with van der Waals surface area (Å²) < 4.78 is 0. The summed E-state index contributed by atoms with van der Waals surface area (Å²) in [5.41, 5.74) is 7.91. The molecule has 13 heavy (non-hydrogen) atoms. The van der Waals surface area contributed by atoms with Crippen molar-refractivity contribution in [2.75, 3.05) is 6.54 Å². The highest BCUT2D eigenvalue weighted by Gasteiger charge is 2.20. The number of hydrogen-bond donors (Lipinski definition) is 2. The topological polar surface area (TPSA) is 55.1 Å². The summed E-state index contributed by atoms with van der Waals surface area (Å²) in [6, 6.07) is 7.33. The molecule has 0 unspecified atom stereocenters. The molecule has 0 spiro atoms. The van der Waals surface area contributed by atoms with Gasteiger partial charge in [0.1, 0.15) is 6.04 Å². The molecule has 3 N–H and O–H groups in total. The number of hydrogen-bond acceptors (Lipinski definition) is 2. The van der Waals surface area contributed by atoms with Crippen LogP contribution in [0.3, 0.4) is 0 Å². The first-order valence-corrected chi connectivity index (χ1v) is 4.40. The van der Waals surface area contributed by atoms with E-state index in [4.69, 9.17) is 5.73 Å². The summed E-state index contributed by atoms with van der Waals surface area (Å²) in [6.45, 7) is 0.684. The minimum Gasteiger partial charge on any atom is -0.354 e. The summed E-state index contributed by atoms with van der Waals surface area (Å²) in [7, 11) is 0. The van der Waals surface area contributed by atoms with Gasteiger partial charge in [-0.05, 0) is 17.5 Å². The minimum absolute atomic E-state index is 0.0787. The molecule has 0 saturated carbocycles. The number of fused-ring (bicyclic) bond motifs is 1. The number of nitrogens with two attached hydrogens (primary N) is 1. The maximum absolute atomic E-state index is 11.3. The number of carbonyl (C=O) groups is 1. The van der Waals surface area contributed by atoms with Crippen molar-refractivity contribution in [1.82, 2.24) is 5.32 Å². The predicted molar refractivity (Wildman–Crippen MR) is 50.1 cm³/mol. The van der Waals surface area contributed by atoms with Crippen molar-refractivity contribution in [3.63, 3.8) is 0 Å². The Kier molecular flexibility index (Phi) is 2.02. The number of nitrogens with one attached hydrogen (secondary N) is 1. The van der Waals surface area contributed by atoms with Gasteiger partial charge in [-0.3, -0.25) is 4.79 Å². The van der Waals surface area contributed by atoms with Crippen molar-refractivity contribution in [2.24, 2.45) is 5.73 Å². The molecule has 0 fully saturated rings. The molecule has 0 aliphatic carbocycles. The summed E-state index contributed by atoms with van der Waals surface area (Å²) in [5, 5.41) is 2.78. The fourth-order valence-electron chi connectivity index (χ4n) is 1.64. The Hall–Kier alpha value is -1.35. The van der Waals surface area contributed by atoms with Crippen LogP contribution in [0.15, 0.2) is 24.3 Å². The lowest BCUT2D eigenvalue weighted by Gasteiger charge is -2.09. The lowest BCUT2D eigenvalue weighted by atomic mass is 10.00. The second-order valence-electron chi connectivity index (χ2n) is 3.22. The minimum atomic E-state index is -0.501. The largest absolute Gasteiger partial charge is 0.354 e. The van der Waals surface area contributed by atoms with Gasteiger partial charge in [-0.2, -0.15) is 0 Å². The van der Waals surface area contributed by atoms with Gasteiger partial charge in [0, 0.05) is 6.54 Å². The molecular weight excluding hydrogens is 164 g/mol. The van der Waals surface area contributed by atoms with Gasteiger partial charge in [-0.25, -0.2) is 0 Å². The van der Waals surface area contributed by atoms with Crippen molar-refractivity contribution >= 4 is 5.91 Å². The SMILES string of the molecule is N[C@@H]1C(=O)NCCc2ccccc21. The van der Waals surface area contributed by atoms with Gasteiger partial charge in [0.25, 0.3) is 0 Å². The Morgan fingerprint density at radius 1 is 1.38 bits per heavy atom. The Balaban J connectivity index is 2.46. The van der Waals surface area contributed by atoms with E-state index >= 15 is 0 Å². The number of benzene rings is 1. The molecule has 0 saturated heterocycles. The van der Waals surface area contributed by atoms with Crippen LogP contribution in [0.2, 0.25) is 0 Å². The van der Waals surface area contributed by atoms with Gasteiger partial charge in [0.05, 0.1) is 0 Å². The molecule has 1 aliphatic rings. The maximum atomic E-state index is 11.3. The molecule has 68 valence electrons. The third-order valence-corrected chi connectivity index (χ3v) is 2.37. The van der Waals surface area contributed by atoms with Crippen LogP contribution in [0.5, 0.6) is 0 Å². The quantitative estimate of drug-likeness (QED) is 0.599. The third-order valence-electron chi connectivity index (χ3n) is 2.37. The molecule has 1 heterocycles. The number of amides is 1. The smallest absolute Gasteiger partial charge is 0.241 e. The van der Waals surface area contributed by atoms with Crippen molar-refractivity contribution in [1.29, 1.82) is 0 Å². The Morgan fingerprint density at radius 3 is 3.00 bits per heavy atom. The second-order valence-corrected chi connectivity index (χ2v) is 3.22. The average molecular weight is 176 g/mol. The molecule has 3 nitrogen and oxygen atoms in total. The monoisotopic (exact) mass is 176 g/mol. The third kappa shape index (κ3) is 1.42. The highest BCUT2D eigenvalue weighted by Crippen LogP contribution is 2.18. The van der Waals surface area contributed by atoms with Crippen LogP contribution in [0, 0.1) is 0 Å². The van der Waals surface area contributed by atoms with Crippen LogP contribution < -0.4 is 11.1 Å². The van der Waals surface area contributed by atoms with E-state index in [1.165, 1.54) is 5.56 Å². The maximum Gasteiger partial charge on any atom is 0.241 e. The molecule has 0 bridgehead atoms. The molecule has 2 rings (SSSR count). The van der Waals surface area contributed by atoms with Gasteiger partial charge in [0.2, 0.25) is 5.91 Å². The van der Waals surface area contributed by atoms with Crippen LogP contribution in [0.1, 0.15) is 17.2 Å². The van der Waals surface area contributed by atoms with Gasteiger partial charge in [-0.1, -0.05) is 24.3 Å². The molecule has 0 radical (unpaired) electrons. The summed E-state index contributed by atoms with van der Waals surface area (Å²) >= 11 is 0. The van der Waals surface area contributed by atoms with Crippen LogP contribution >= 0.6 is 0 Å². The van der Waals surface area contributed by atoms with Crippen LogP contribution in [-0.4, -0.2) is 12.5 Å². The van der Waals surface area contributed by atoms with Gasteiger partial charge in [0.15, 0.2) is 0 Å². The van der Waals surface area contributed by atoms with Gasteiger partial charge >= 0.3 is 0 Å². The molecule has 1 amide bonds. The molecule has 1 aromatic carbocycles. The number of rotatable bonds is 0. The second kappa shape index (κ2) is 3.18. The lowest BCUT2D eigenvalue weighted by molar-refractivity contribution is -0.122. The highest BCUT2D eigenvalue weighted by atomic mass is 16.2. The zero-order chi connectivity index (χ0) is 9.26. The first kappa shape index (κ1) is 8.26. The van der Waals surface area contributed by atoms with E-state index in [0.29, 0.717) is 6.54 Å².